The number of nitrogens with two attached hydrogens (primary N) is 1. The number of hydrogen-bond donors (Lipinski definition) is 2. The van der Waals surface area contributed by atoms with Crippen molar-refractivity contribution in [3.8, 4) is 0 Å². The second-order valence-corrected chi connectivity index (χ2v) is 6.32. The summed E-state index contributed by atoms with van der Waals surface area (Å²) in [4.78, 5) is 22.0. The summed E-state index contributed by atoms with van der Waals surface area (Å²) in [6, 6.07) is 0.213. The fraction of sp³-hybridized carbons (Fsp3) is 0.750. The van der Waals surface area contributed by atoms with E-state index in [4.69, 9.17) is 15.0 Å². The molecule has 0 spiro atoms. The van der Waals surface area contributed by atoms with Crippen molar-refractivity contribution in [1.82, 2.24) is 20.4 Å². The molecule has 2 rings (SSSR count). The molecule has 9 nitrogen and oxygen atoms in total. The first-order valence-corrected chi connectivity index (χ1v) is 8.80. The number of piperidine rings is 1. The summed E-state index contributed by atoms with van der Waals surface area (Å²) in [6.07, 6.45) is 1.94. The Bertz CT molecular complexity index is 584. The third-order valence-corrected chi connectivity index (χ3v) is 3.98. The molecule has 1 aromatic rings. The summed E-state index contributed by atoms with van der Waals surface area (Å²) < 4.78 is 10.2. The van der Waals surface area contributed by atoms with Gasteiger partial charge < -0.3 is 25.2 Å². The molecule has 2 heterocycles. The van der Waals surface area contributed by atoms with E-state index in [1.165, 1.54) is 0 Å². The monoisotopic (exact) mass is 480 g/mol. The zero-order chi connectivity index (χ0) is 18.2. The highest BCUT2D eigenvalue weighted by molar-refractivity contribution is 14.0. The number of hydrogen-bond acceptors (Lipinski definition) is 6. The molecule has 1 amide bonds. The Labute approximate surface area is 171 Å². The number of rotatable bonds is 6. The standard InChI is InChI=1S/C16H28N6O3.HI/c1-4-24-16(23)22-9-6-12(7-10-22)19-15(17)18-8-5-13-20-14(11(2)3)21-25-13;/h11-12H,4-10H2,1-3H3,(H3,17,18,19);1H. The molecule has 0 unspecified atom stereocenters. The van der Waals surface area contributed by atoms with Gasteiger partial charge >= 0.3 is 6.09 Å². The van der Waals surface area contributed by atoms with E-state index in [1.54, 1.807) is 11.8 Å². The molecule has 10 heteroatoms. The Morgan fingerprint density at radius 3 is 2.73 bits per heavy atom. The maximum atomic E-state index is 11.7. The Kier molecular flexibility index (Phi) is 9.66. The number of amides is 1. The molecule has 1 saturated heterocycles. The number of aliphatic imine (C=N–C) groups is 1. The Morgan fingerprint density at radius 1 is 1.46 bits per heavy atom. The second-order valence-electron chi connectivity index (χ2n) is 6.32. The molecular formula is C16H29IN6O3. The van der Waals surface area contributed by atoms with Gasteiger partial charge in [-0.3, -0.25) is 4.99 Å². The number of carbonyl (C=O) groups is 1. The Hall–Kier alpha value is -1.59. The lowest BCUT2D eigenvalue weighted by Gasteiger charge is -2.31. The van der Waals surface area contributed by atoms with Gasteiger partial charge in [-0.2, -0.15) is 4.98 Å². The van der Waals surface area contributed by atoms with Crippen LogP contribution in [-0.2, 0) is 11.2 Å². The van der Waals surface area contributed by atoms with Crippen LogP contribution in [-0.4, -0.2) is 59.4 Å². The zero-order valence-corrected chi connectivity index (χ0v) is 17.9. The normalized spacial score (nSPS) is 15.7. The molecule has 0 saturated carbocycles. The molecule has 0 radical (unpaired) electrons. The van der Waals surface area contributed by atoms with Crippen LogP contribution in [0.4, 0.5) is 4.79 Å². The van der Waals surface area contributed by atoms with Gasteiger partial charge in [0.25, 0.3) is 0 Å². The van der Waals surface area contributed by atoms with Gasteiger partial charge in [-0.15, -0.1) is 24.0 Å². The van der Waals surface area contributed by atoms with Crippen molar-refractivity contribution < 1.29 is 14.1 Å². The zero-order valence-electron chi connectivity index (χ0n) is 15.6. The molecule has 1 aromatic heterocycles. The highest BCUT2D eigenvalue weighted by Crippen LogP contribution is 2.12. The van der Waals surface area contributed by atoms with E-state index in [9.17, 15) is 4.79 Å². The molecule has 148 valence electrons. The average Bonchev–Trinajstić information content (AvgIpc) is 3.05. The number of halogens is 1. The van der Waals surface area contributed by atoms with E-state index >= 15 is 0 Å². The predicted molar refractivity (Wildman–Crippen MR) is 109 cm³/mol. The first kappa shape index (κ1) is 22.5. The molecular weight excluding hydrogens is 451 g/mol. The summed E-state index contributed by atoms with van der Waals surface area (Å²) in [7, 11) is 0. The van der Waals surface area contributed by atoms with Crippen molar-refractivity contribution >= 4 is 36.0 Å². The summed E-state index contributed by atoms with van der Waals surface area (Å²) in [6.45, 7) is 8.04. The van der Waals surface area contributed by atoms with Crippen molar-refractivity contribution in [2.45, 2.75) is 52.0 Å². The van der Waals surface area contributed by atoms with Crippen LogP contribution in [0.25, 0.3) is 0 Å². The summed E-state index contributed by atoms with van der Waals surface area (Å²) in [5.74, 6) is 1.92. The summed E-state index contributed by atoms with van der Waals surface area (Å²) >= 11 is 0. The third kappa shape index (κ3) is 6.96. The van der Waals surface area contributed by atoms with Crippen LogP contribution >= 0.6 is 24.0 Å². The highest BCUT2D eigenvalue weighted by atomic mass is 127. The fourth-order valence-electron chi connectivity index (χ4n) is 2.55. The van der Waals surface area contributed by atoms with E-state index in [-0.39, 0.29) is 42.0 Å². The lowest BCUT2D eigenvalue weighted by molar-refractivity contribution is 0.0963. The molecule has 0 bridgehead atoms. The van der Waals surface area contributed by atoms with Crippen LogP contribution < -0.4 is 11.1 Å². The first-order valence-electron chi connectivity index (χ1n) is 8.80. The van der Waals surface area contributed by atoms with Crippen LogP contribution in [0, 0.1) is 0 Å². The lowest BCUT2D eigenvalue weighted by Crippen LogP contribution is -2.48. The summed E-state index contributed by atoms with van der Waals surface area (Å²) in [5.41, 5.74) is 5.93. The Morgan fingerprint density at radius 2 is 2.15 bits per heavy atom. The summed E-state index contributed by atoms with van der Waals surface area (Å²) in [5, 5.41) is 7.12. The van der Waals surface area contributed by atoms with Gasteiger partial charge in [0, 0.05) is 31.5 Å². The average molecular weight is 480 g/mol. The highest BCUT2D eigenvalue weighted by Gasteiger charge is 2.23. The minimum Gasteiger partial charge on any atom is -0.450 e. The lowest BCUT2D eigenvalue weighted by atomic mass is 10.1. The van der Waals surface area contributed by atoms with Crippen LogP contribution in [0.3, 0.4) is 0 Å². The maximum Gasteiger partial charge on any atom is 0.409 e. The number of likely N-dealkylation sites (tertiary alicyclic amines) is 1. The quantitative estimate of drug-likeness (QED) is 0.363. The molecule has 3 N–H and O–H groups in total. The van der Waals surface area contributed by atoms with Gasteiger partial charge in [0.05, 0.1) is 13.2 Å². The number of aromatic nitrogens is 2. The van der Waals surface area contributed by atoms with Crippen molar-refractivity contribution in [3.63, 3.8) is 0 Å². The largest absolute Gasteiger partial charge is 0.450 e. The minimum atomic E-state index is -0.247. The number of guanidine groups is 1. The van der Waals surface area contributed by atoms with E-state index in [0.29, 0.717) is 50.3 Å². The second kappa shape index (κ2) is 11.2. The first-order chi connectivity index (χ1) is 12.0. The molecule has 1 aliphatic heterocycles. The van der Waals surface area contributed by atoms with Gasteiger partial charge in [-0.05, 0) is 19.8 Å². The number of nitrogens with zero attached hydrogens (tertiary/aromatic N) is 4. The van der Waals surface area contributed by atoms with Gasteiger partial charge in [0.15, 0.2) is 11.8 Å². The smallest absolute Gasteiger partial charge is 0.409 e. The molecule has 26 heavy (non-hydrogen) atoms. The van der Waals surface area contributed by atoms with Gasteiger partial charge in [-0.1, -0.05) is 19.0 Å². The van der Waals surface area contributed by atoms with Crippen LogP contribution in [0.5, 0.6) is 0 Å². The van der Waals surface area contributed by atoms with Gasteiger partial charge in [0.2, 0.25) is 5.89 Å². The fourth-order valence-corrected chi connectivity index (χ4v) is 2.55. The number of nitrogens with one attached hydrogen (secondary N) is 1. The molecule has 1 aliphatic rings. The third-order valence-electron chi connectivity index (χ3n) is 3.98. The van der Waals surface area contributed by atoms with Crippen LogP contribution in [0.1, 0.15) is 51.2 Å². The SMILES string of the molecule is CCOC(=O)N1CCC(NC(N)=NCCc2nc(C(C)C)no2)CC1.I. The Balaban J connectivity index is 0.00000338. The van der Waals surface area contributed by atoms with Crippen LogP contribution in [0.2, 0.25) is 0 Å². The number of ether oxygens (including phenoxy) is 1. The van der Waals surface area contributed by atoms with Gasteiger partial charge in [-0.25, -0.2) is 4.79 Å². The van der Waals surface area contributed by atoms with E-state index in [1.807, 2.05) is 13.8 Å². The van der Waals surface area contributed by atoms with Gasteiger partial charge in [0.1, 0.15) is 0 Å². The molecule has 1 fully saturated rings. The van der Waals surface area contributed by atoms with E-state index < -0.39 is 0 Å². The van der Waals surface area contributed by atoms with Crippen molar-refractivity contribution in [2.24, 2.45) is 10.7 Å². The maximum absolute atomic E-state index is 11.7. The predicted octanol–water partition coefficient (Wildman–Crippen LogP) is 1.88. The molecule has 0 atom stereocenters. The molecule has 0 aromatic carbocycles. The molecule has 0 aliphatic carbocycles. The van der Waals surface area contributed by atoms with Crippen molar-refractivity contribution in [3.05, 3.63) is 11.7 Å². The van der Waals surface area contributed by atoms with Crippen molar-refractivity contribution in [1.29, 1.82) is 0 Å². The van der Waals surface area contributed by atoms with Crippen LogP contribution in [0.15, 0.2) is 9.52 Å². The van der Waals surface area contributed by atoms with E-state index in [2.05, 4.69) is 20.4 Å². The van der Waals surface area contributed by atoms with E-state index in [0.717, 1.165) is 12.8 Å². The topological polar surface area (TPSA) is 119 Å². The van der Waals surface area contributed by atoms with Crippen molar-refractivity contribution in [2.75, 3.05) is 26.2 Å². The minimum absolute atomic E-state index is 0. The number of carbonyl (C=O) groups excluding carboxylic acids is 1.